The Morgan fingerprint density at radius 2 is 1.59 bits per heavy atom. The molecule has 6 nitrogen and oxygen atoms in total. The summed E-state index contributed by atoms with van der Waals surface area (Å²) in [6.45, 7) is 3.90. The van der Waals surface area contributed by atoms with Crippen molar-refractivity contribution in [3.8, 4) is 29.1 Å². The van der Waals surface area contributed by atoms with Crippen molar-refractivity contribution in [2.24, 2.45) is 5.92 Å². The number of hydrogen-bond acceptors (Lipinski definition) is 6. The molecule has 0 spiro atoms. The van der Waals surface area contributed by atoms with Gasteiger partial charge in [-0.05, 0) is 53.5 Å². The number of rotatable bonds is 8. The van der Waals surface area contributed by atoms with Gasteiger partial charge in [-0.25, -0.2) is 0 Å². The zero-order valence-corrected chi connectivity index (χ0v) is 17.3. The molecule has 0 saturated carbocycles. The fourth-order valence-electron chi connectivity index (χ4n) is 2.71. The van der Waals surface area contributed by atoms with Crippen LogP contribution in [-0.4, -0.2) is 27.3 Å². The minimum absolute atomic E-state index is 0.204. The van der Waals surface area contributed by atoms with Crippen LogP contribution in [0.5, 0.6) is 23.0 Å². The quantitative estimate of drug-likeness (QED) is 0.278. The van der Waals surface area contributed by atoms with Crippen LogP contribution in [0, 0.1) is 17.2 Å². The van der Waals surface area contributed by atoms with Crippen molar-refractivity contribution in [1.29, 1.82) is 5.26 Å². The van der Waals surface area contributed by atoms with E-state index in [9.17, 15) is 10.1 Å². The molecule has 0 heterocycles. The highest BCUT2D eigenvalue weighted by atomic mass is 16.6. The summed E-state index contributed by atoms with van der Waals surface area (Å²) < 4.78 is 21.3. The van der Waals surface area contributed by atoms with Gasteiger partial charge < -0.3 is 18.9 Å². The number of carbonyl (C=O) groups is 1. The van der Waals surface area contributed by atoms with Crippen LogP contribution >= 0.6 is 0 Å². The van der Waals surface area contributed by atoms with Gasteiger partial charge in [0.25, 0.3) is 0 Å². The summed E-state index contributed by atoms with van der Waals surface area (Å²) in [5.74, 6) is 1.78. The molecule has 2 aromatic carbocycles. The molecule has 2 aromatic rings. The fourth-order valence-corrected chi connectivity index (χ4v) is 2.71. The number of hydrogen-bond donors (Lipinski definition) is 0. The Morgan fingerprint density at radius 3 is 2.17 bits per heavy atom. The van der Waals surface area contributed by atoms with Crippen molar-refractivity contribution in [3.63, 3.8) is 0 Å². The Kier molecular flexibility index (Phi) is 7.67. The third-order valence-electron chi connectivity index (χ3n) is 4.11. The molecule has 29 heavy (non-hydrogen) atoms. The van der Waals surface area contributed by atoms with E-state index in [-0.39, 0.29) is 11.9 Å². The lowest BCUT2D eigenvalue weighted by Crippen LogP contribution is -2.11. The highest BCUT2D eigenvalue weighted by Crippen LogP contribution is 2.33. The van der Waals surface area contributed by atoms with E-state index in [1.54, 1.807) is 56.7 Å². The van der Waals surface area contributed by atoms with E-state index in [2.05, 4.69) is 6.07 Å². The summed E-state index contributed by atoms with van der Waals surface area (Å²) in [7, 11) is 4.60. The first-order valence-corrected chi connectivity index (χ1v) is 9.14. The van der Waals surface area contributed by atoms with Gasteiger partial charge in [0, 0.05) is 6.42 Å². The van der Waals surface area contributed by atoms with E-state index in [1.165, 1.54) is 7.11 Å². The van der Waals surface area contributed by atoms with Crippen LogP contribution in [-0.2, 0) is 4.79 Å². The summed E-state index contributed by atoms with van der Waals surface area (Å²) in [5.41, 5.74) is 1.87. The first-order valence-electron chi connectivity index (χ1n) is 9.14. The molecule has 0 saturated heterocycles. The number of benzene rings is 2. The minimum atomic E-state index is -0.315. The standard InChI is InChI=1S/C23H25NO5/c1-15(2)10-23(25)29-20-8-6-16(12-21(20)27-4)11-18(14-24)17-7-9-19(26-3)22(13-17)28-5/h6-9,11-13,15H,10H2,1-5H3/b18-11-. The van der Waals surface area contributed by atoms with Crippen LogP contribution in [0.25, 0.3) is 11.6 Å². The van der Waals surface area contributed by atoms with E-state index in [0.29, 0.717) is 40.6 Å². The van der Waals surface area contributed by atoms with Gasteiger partial charge >= 0.3 is 5.97 Å². The van der Waals surface area contributed by atoms with Gasteiger partial charge in [-0.2, -0.15) is 5.26 Å². The molecule has 0 fully saturated rings. The molecule has 0 aromatic heterocycles. The number of nitriles is 1. The summed E-state index contributed by atoms with van der Waals surface area (Å²) in [6, 6.07) is 12.6. The van der Waals surface area contributed by atoms with E-state index in [0.717, 1.165) is 5.56 Å². The van der Waals surface area contributed by atoms with Crippen molar-refractivity contribution in [2.75, 3.05) is 21.3 Å². The average molecular weight is 395 g/mol. The molecule has 0 radical (unpaired) electrons. The van der Waals surface area contributed by atoms with E-state index in [1.807, 2.05) is 13.8 Å². The third-order valence-corrected chi connectivity index (χ3v) is 4.11. The molecule has 0 unspecified atom stereocenters. The second-order valence-electron chi connectivity index (χ2n) is 6.72. The fraction of sp³-hybridized carbons (Fsp3) is 0.304. The van der Waals surface area contributed by atoms with Gasteiger partial charge in [-0.3, -0.25) is 4.79 Å². The van der Waals surface area contributed by atoms with E-state index < -0.39 is 0 Å². The van der Waals surface area contributed by atoms with Crippen LogP contribution in [0.2, 0.25) is 0 Å². The molecule has 0 atom stereocenters. The number of carbonyl (C=O) groups excluding carboxylic acids is 1. The van der Waals surface area contributed by atoms with Crippen LogP contribution in [0.3, 0.4) is 0 Å². The molecule has 0 bridgehead atoms. The number of nitrogens with zero attached hydrogens (tertiary/aromatic N) is 1. The summed E-state index contributed by atoms with van der Waals surface area (Å²) in [5, 5.41) is 9.62. The first-order chi connectivity index (χ1) is 13.9. The van der Waals surface area contributed by atoms with Crippen LogP contribution in [0.1, 0.15) is 31.4 Å². The molecule has 0 aliphatic rings. The van der Waals surface area contributed by atoms with Crippen molar-refractivity contribution in [2.45, 2.75) is 20.3 Å². The zero-order valence-electron chi connectivity index (χ0n) is 17.3. The number of allylic oxidation sites excluding steroid dienone is 1. The average Bonchev–Trinajstić information content (AvgIpc) is 2.71. The molecular formula is C23H25NO5. The van der Waals surface area contributed by atoms with Gasteiger partial charge in [0.2, 0.25) is 0 Å². The van der Waals surface area contributed by atoms with Gasteiger partial charge in [-0.1, -0.05) is 19.9 Å². The molecular weight excluding hydrogens is 370 g/mol. The monoisotopic (exact) mass is 395 g/mol. The van der Waals surface area contributed by atoms with E-state index >= 15 is 0 Å². The van der Waals surface area contributed by atoms with Gasteiger partial charge in [0.15, 0.2) is 23.0 Å². The summed E-state index contributed by atoms with van der Waals surface area (Å²) >= 11 is 0. The molecule has 0 aliphatic carbocycles. The Hall–Kier alpha value is -3.46. The lowest BCUT2D eigenvalue weighted by molar-refractivity contribution is -0.135. The molecule has 0 amide bonds. The molecule has 0 aliphatic heterocycles. The highest BCUT2D eigenvalue weighted by Gasteiger charge is 2.13. The lowest BCUT2D eigenvalue weighted by atomic mass is 10.0. The Morgan fingerprint density at radius 1 is 0.966 bits per heavy atom. The SMILES string of the molecule is COc1ccc(/C(C#N)=C\c2ccc(OC(=O)CC(C)C)c(OC)c2)cc1OC. The zero-order chi connectivity index (χ0) is 21.4. The molecule has 2 rings (SSSR count). The molecule has 152 valence electrons. The van der Waals surface area contributed by atoms with Crippen molar-refractivity contribution >= 4 is 17.6 Å². The predicted molar refractivity (Wildman–Crippen MR) is 111 cm³/mol. The highest BCUT2D eigenvalue weighted by molar-refractivity contribution is 5.90. The maximum Gasteiger partial charge on any atom is 0.311 e. The van der Waals surface area contributed by atoms with Crippen molar-refractivity contribution in [1.82, 2.24) is 0 Å². The van der Waals surface area contributed by atoms with E-state index in [4.69, 9.17) is 18.9 Å². The lowest BCUT2D eigenvalue weighted by Gasteiger charge is -2.11. The number of esters is 1. The van der Waals surface area contributed by atoms with Gasteiger partial charge in [-0.15, -0.1) is 0 Å². The van der Waals surface area contributed by atoms with Crippen LogP contribution < -0.4 is 18.9 Å². The Labute approximate surface area is 171 Å². The maximum absolute atomic E-state index is 11.9. The smallest absolute Gasteiger partial charge is 0.311 e. The number of ether oxygens (including phenoxy) is 4. The minimum Gasteiger partial charge on any atom is -0.493 e. The Balaban J connectivity index is 2.34. The number of methoxy groups -OCH3 is 3. The second-order valence-corrected chi connectivity index (χ2v) is 6.72. The second kappa shape index (κ2) is 10.2. The molecule has 6 heteroatoms. The Bertz CT molecular complexity index is 941. The maximum atomic E-state index is 11.9. The van der Waals surface area contributed by atoms with Gasteiger partial charge in [0.05, 0.1) is 33.0 Å². The topological polar surface area (TPSA) is 77.8 Å². The van der Waals surface area contributed by atoms with Crippen molar-refractivity contribution < 1.29 is 23.7 Å². The van der Waals surface area contributed by atoms with Crippen molar-refractivity contribution in [3.05, 3.63) is 47.5 Å². The predicted octanol–water partition coefficient (Wildman–Crippen LogP) is 4.73. The van der Waals surface area contributed by atoms with Crippen LogP contribution in [0.4, 0.5) is 0 Å². The first kappa shape index (κ1) is 21.8. The normalized spacial score (nSPS) is 11.0. The largest absolute Gasteiger partial charge is 0.493 e. The van der Waals surface area contributed by atoms with Gasteiger partial charge in [0.1, 0.15) is 0 Å². The third kappa shape index (κ3) is 5.76. The summed E-state index contributed by atoms with van der Waals surface area (Å²) in [6.07, 6.45) is 2.05. The molecule has 0 N–H and O–H groups in total. The van der Waals surface area contributed by atoms with Crippen LogP contribution in [0.15, 0.2) is 36.4 Å². The summed E-state index contributed by atoms with van der Waals surface area (Å²) in [4.78, 5) is 11.9.